The van der Waals surface area contributed by atoms with E-state index in [9.17, 15) is 27.2 Å². The zero-order chi connectivity index (χ0) is 25.0. The number of ether oxygens (including phenoxy) is 1. The van der Waals surface area contributed by atoms with Gasteiger partial charge in [0.05, 0.1) is 7.11 Å². The lowest BCUT2D eigenvalue weighted by Gasteiger charge is -2.13. The second-order valence-corrected chi connectivity index (χ2v) is 7.38. The number of halogens is 4. The Hall–Kier alpha value is -3.99. The highest BCUT2D eigenvalue weighted by atomic mass is 32.1. The summed E-state index contributed by atoms with van der Waals surface area (Å²) in [7, 11) is 0.818. The van der Waals surface area contributed by atoms with Gasteiger partial charge in [0, 0.05) is 16.9 Å². The number of nitrogens with one attached hydrogen (secondary N) is 3. The van der Waals surface area contributed by atoms with E-state index in [4.69, 9.17) is 12.2 Å². The quantitative estimate of drug-likeness (QED) is 0.268. The fraction of sp³-hybridized carbons (Fsp3) is 0.0870. The second kappa shape index (κ2) is 10.3. The first kappa shape index (κ1) is 24.6. The molecule has 0 saturated heterocycles. The molecule has 3 aromatic carbocycles. The lowest BCUT2D eigenvalue weighted by molar-refractivity contribution is 0.0965. The van der Waals surface area contributed by atoms with Crippen molar-refractivity contribution in [3.63, 3.8) is 0 Å². The third-order valence-electron chi connectivity index (χ3n) is 4.56. The molecular formula is C23H17F4N3O3S. The van der Waals surface area contributed by atoms with Crippen molar-refractivity contribution < 1.29 is 31.9 Å². The first-order valence-corrected chi connectivity index (χ1v) is 10.0. The van der Waals surface area contributed by atoms with Crippen molar-refractivity contribution in [3.05, 3.63) is 88.5 Å². The molecule has 0 atom stereocenters. The second-order valence-electron chi connectivity index (χ2n) is 6.97. The number of carbonyl (C=O) groups is 2. The highest BCUT2D eigenvalue weighted by molar-refractivity contribution is 7.80. The number of hydrogen-bond acceptors (Lipinski definition) is 4. The van der Waals surface area contributed by atoms with Gasteiger partial charge in [-0.3, -0.25) is 14.9 Å². The van der Waals surface area contributed by atoms with E-state index < -0.39 is 45.6 Å². The van der Waals surface area contributed by atoms with Gasteiger partial charge < -0.3 is 15.4 Å². The third kappa shape index (κ3) is 5.31. The van der Waals surface area contributed by atoms with Crippen LogP contribution in [0.25, 0.3) is 0 Å². The van der Waals surface area contributed by atoms with Crippen LogP contribution < -0.4 is 20.7 Å². The fourth-order valence-corrected chi connectivity index (χ4v) is 3.16. The van der Waals surface area contributed by atoms with E-state index in [1.165, 1.54) is 12.1 Å². The molecule has 3 N–H and O–H groups in total. The molecule has 0 radical (unpaired) electrons. The summed E-state index contributed by atoms with van der Waals surface area (Å²) in [6.07, 6.45) is 0. The van der Waals surface area contributed by atoms with E-state index in [1.54, 1.807) is 30.3 Å². The molecule has 0 aliphatic rings. The Morgan fingerprint density at radius 3 is 1.91 bits per heavy atom. The Morgan fingerprint density at radius 1 is 0.824 bits per heavy atom. The SMILES string of the molecule is COc1c(F)c(F)c(C(=O)NC(=S)Nc2ccc(NC(=O)c3cccc(C)c3)cc2)c(F)c1F. The number of hydrogen-bond donors (Lipinski definition) is 3. The monoisotopic (exact) mass is 491 g/mol. The van der Waals surface area contributed by atoms with Crippen molar-refractivity contribution in [2.75, 3.05) is 17.7 Å². The van der Waals surface area contributed by atoms with Gasteiger partial charge >= 0.3 is 0 Å². The molecule has 6 nitrogen and oxygen atoms in total. The van der Waals surface area contributed by atoms with Gasteiger partial charge in [0.15, 0.2) is 22.5 Å². The van der Waals surface area contributed by atoms with Crippen molar-refractivity contribution in [2.45, 2.75) is 6.92 Å². The third-order valence-corrected chi connectivity index (χ3v) is 4.77. The Balaban J connectivity index is 1.65. The topological polar surface area (TPSA) is 79.5 Å². The molecule has 0 fully saturated rings. The Morgan fingerprint density at radius 2 is 1.38 bits per heavy atom. The molecule has 0 bridgehead atoms. The molecular weight excluding hydrogens is 474 g/mol. The average molecular weight is 491 g/mol. The lowest BCUT2D eigenvalue weighted by atomic mass is 10.1. The first-order valence-electron chi connectivity index (χ1n) is 9.62. The maximum absolute atomic E-state index is 14.1. The van der Waals surface area contributed by atoms with Crippen LogP contribution in [0.1, 0.15) is 26.3 Å². The van der Waals surface area contributed by atoms with Gasteiger partial charge in [-0.05, 0) is 55.5 Å². The molecule has 176 valence electrons. The van der Waals surface area contributed by atoms with Crippen LogP contribution in [0.5, 0.6) is 5.75 Å². The maximum atomic E-state index is 14.1. The molecule has 0 saturated carbocycles. The van der Waals surface area contributed by atoms with Crippen LogP contribution in [-0.2, 0) is 0 Å². The zero-order valence-electron chi connectivity index (χ0n) is 17.8. The van der Waals surface area contributed by atoms with Crippen LogP contribution in [0.2, 0.25) is 0 Å². The van der Waals surface area contributed by atoms with E-state index in [-0.39, 0.29) is 5.91 Å². The molecule has 0 aliphatic carbocycles. The van der Waals surface area contributed by atoms with E-state index in [0.29, 0.717) is 16.9 Å². The maximum Gasteiger partial charge on any atom is 0.263 e. The predicted octanol–water partition coefficient (Wildman–Crippen LogP) is 4.94. The summed E-state index contributed by atoms with van der Waals surface area (Å²) in [6, 6.07) is 13.2. The zero-order valence-corrected chi connectivity index (χ0v) is 18.6. The van der Waals surface area contributed by atoms with Crippen LogP contribution in [0, 0.1) is 30.2 Å². The summed E-state index contributed by atoms with van der Waals surface area (Å²) >= 11 is 4.92. The van der Waals surface area contributed by atoms with Crippen LogP contribution >= 0.6 is 12.2 Å². The standard InChI is InChI=1S/C23H17F4N3O3S/c1-11-4-3-5-12(10-11)21(31)28-13-6-8-14(9-7-13)29-23(34)30-22(32)15-16(24)18(26)20(33-2)19(27)17(15)25/h3-10H,1-2H3,(H,28,31)(H2,29,30,32,34). The molecule has 3 rings (SSSR count). The first-order chi connectivity index (χ1) is 16.1. The summed E-state index contributed by atoms with van der Waals surface area (Å²) in [5, 5.41) is 6.86. The normalized spacial score (nSPS) is 10.4. The van der Waals surface area contributed by atoms with Crippen LogP contribution in [0.3, 0.4) is 0 Å². The van der Waals surface area contributed by atoms with E-state index in [2.05, 4.69) is 15.4 Å². The van der Waals surface area contributed by atoms with Gasteiger partial charge in [-0.1, -0.05) is 17.7 Å². The number of amides is 2. The molecule has 11 heteroatoms. The average Bonchev–Trinajstić information content (AvgIpc) is 2.79. The number of thiocarbonyl (C=S) groups is 1. The van der Waals surface area contributed by atoms with Crippen molar-refractivity contribution in [1.29, 1.82) is 0 Å². The Labute approximate surface area is 196 Å². The summed E-state index contributed by atoms with van der Waals surface area (Å²) < 4.78 is 60.1. The van der Waals surface area contributed by atoms with Crippen molar-refractivity contribution in [2.24, 2.45) is 0 Å². The van der Waals surface area contributed by atoms with Crippen molar-refractivity contribution in [1.82, 2.24) is 5.32 Å². The van der Waals surface area contributed by atoms with E-state index in [0.717, 1.165) is 12.7 Å². The van der Waals surface area contributed by atoms with E-state index in [1.807, 2.05) is 18.3 Å². The minimum Gasteiger partial charge on any atom is -0.491 e. The molecule has 2 amide bonds. The molecule has 0 spiro atoms. The summed E-state index contributed by atoms with van der Waals surface area (Å²) in [4.78, 5) is 24.5. The summed E-state index contributed by atoms with van der Waals surface area (Å²) in [6.45, 7) is 1.86. The summed E-state index contributed by atoms with van der Waals surface area (Å²) in [5.74, 6) is -10.7. The van der Waals surface area contributed by atoms with Gasteiger partial charge in [-0.25, -0.2) is 8.78 Å². The van der Waals surface area contributed by atoms with Gasteiger partial charge in [-0.2, -0.15) is 8.78 Å². The van der Waals surface area contributed by atoms with Gasteiger partial charge in [-0.15, -0.1) is 0 Å². The number of anilines is 2. The predicted molar refractivity (Wildman–Crippen MR) is 122 cm³/mol. The molecule has 0 aromatic heterocycles. The minimum atomic E-state index is -1.93. The Kier molecular flexibility index (Phi) is 7.47. The van der Waals surface area contributed by atoms with Crippen LogP contribution in [0.4, 0.5) is 28.9 Å². The number of aryl methyl sites for hydroxylation is 1. The smallest absolute Gasteiger partial charge is 0.263 e. The molecule has 3 aromatic rings. The largest absolute Gasteiger partial charge is 0.491 e. The highest BCUT2D eigenvalue weighted by Crippen LogP contribution is 2.29. The fourth-order valence-electron chi connectivity index (χ4n) is 2.94. The van der Waals surface area contributed by atoms with Gasteiger partial charge in [0.1, 0.15) is 5.56 Å². The van der Waals surface area contributed by atoms with Crippen molar-refractivity contribution >= 4 is 40.5 Å². The number of methoxy groups -OCH3 is 1. The lowest BCUT2D eigenvalue weighted by Crippen LogP contribution is -2.35. The highest BCUT2D eigenvalue weighted by Gasteiger charge is 2.30. The molecule has 0 unspecified atom stereocenters. The molecule has 34 heavy (non-hydrogen) atoms. The molecule has 0 aliphatic heterocycles. The number of benzene rings is 3. The number of rotatable bonds is 5. The summed E-state index contributed by atoms with van der Waals surface area (Å²) in [5.41, 5.74) is 0.751. The molecule has 0 heterocycles. The van der Waals surface area contributed by atoms with Gasteiger partial charge in [0.25, 0.3) is 11.8 Å². The van der Waals surface area contributed by atoms with Gasteiger partial charge in [0.2, 0.25) is 11.6 Å². The van der Waals surface area contributed by atoms with Crippen LogP contribution in [-0.4, -0.2) is 24.0 Å². The number of carbonyl (C=O) groups excluding carboxylic acids is 2. The minimum absolute atomic E-state index is 0.310. The van der Waals surface area contributed by atoms with E-state index >= 15 is 0 Å². The van der Waals surface area contributed by atoms with Crippen molar-refractivity contribution in [3.8, 4) is 5.75 Å². The van der Waals surface area contributed by atoms with Crippen LogP contribution in [0.15, 0.2) is 48.5 Å². The Bertz CT molecular complexity index is 1250.